The quantitative estimate of drug-likeness (QED) is 0.0797. The number of benzene rings is 3. The first-order chi connectivity index (χ1) is 21.2. The molecular formula is C30H28BrN5O7S. The predicted molar refractivity (Wildman–Crippen MR) is 170 cm³/mol. The number of amides is 1. The molecule has 3 N–H and O–H groups in total. The summed E-state index contributed by atoms with van der Waals surface area (Å²) in [5, 5.41) is 21.4. The highest BCUT2D eigenvalue weighted by Crippen LogP contribution is 2.33. The number of esters is 1. The number of halogens is 1. The molecule has 1 atom stereocenters. The second kappa shape index (κ2) is 15.1. The Balaban J connectivity index is 1.34. The SMILES string of the molecule is CCOC(=O)C1=C(C)NC(=S)N[C@H]1c1ccccc1OCC(=O)NN=Cc1ccc(OCc2cccc([N+](=O)[O-])c2)c(Br)c1. The Bertz CT molecular complexity index is 1650. The number of thiocarbonyl (C=S) groups is 1. The van der Waals surface area contributed by atoms with E-state index in [4.69, 9.17) is 26.4 Å². The lowest BCUT2D eigenvalue weighted by Gasteiger charge is -2.30. The van der Waals surface area contributed by atoms with Gasteiger partial charge in [0.05, 0.1) is 33.8 Å². The van der Waals surface area contributed by atoms with E-state index in [0.717, 1.165) is 0 Å². The van der Waals surface area contributed by atoms with Gasteiger partial charge in [-0.2, -0.15) is 5.10 Å². The molecule has 3 aromatic carbocycles. The number of para-hydroxylation sites is 1. The predicted octanol–water partition coefficient (Wildman–Crippen LogP) is 4.82. The van der Waals surface area contributed by atoms with Gasteiger partial charge in [-0.3, -0.25) is 14.9 Å². The highest BCUT2D eigenvalue weighted by atomic mass is 79.9. The van der Waals surface area contributed by atoms with Gasteiger partial charge in [0.15, 0.2) is 11.7 Å². The van der Waals surface area contributed by atoms with Crippen LogP contribution in [0.15, 0.2) is 87.6 Å². The zero-order valence-electron chi connectivity index (χ0n) is 23.7. The molecular weight excluding hydrogens is 654 g/mol. The summed E-state index contributed by atoms with van der Waals surface area (Å²) in [7, 11) is 0. The van der Waals surface area contributed by atoms with Gasteiger partial charge in [0.1, 0.15) is 18.1 Å². The maximum absolute atomic E-state index is 12.7. The highest BCUT2D eigenvalue weighted by molar-refractivity contribution is 9.10. The van der Waals surface area contributed by atoms with Crippen LogP contribution in [0.1, 0.15) is 36.6 Å². The van der Waals surface area contributed by atoms with Crippen LogP contribution in [0.3, 0.4) is 0 Å². The molecule has 0 spiro atoms. The summed E-state index contributed by atoms with van der Waals surface area (Å²) in [6.07, 6.45) is 1.46. The van der Waals surface area contributed by atoms with Crippen LogP contribution in [0.5, 0.6) is 11.5 Å². The van der Waals surface area contributed by atoms with Gasteiger partial charge in [-0.1, -0.05) is 30.3 Å². The Morgan fingerprint density at radius 2 is 1.91 bits per heavy atom. The van der Waals surface area contributed by atoms with Crippen molar-refractivity contribution in [1.82, 2.24) is 16.1 Å². The van der Waals surface area contributed by atoms with E-state index in [-0.39, 0.29) is 25.5 Å². The Morgan fingerprint density at radius 1 is 1.11 bits per heavy atom. The average molecular weight is 683 g/mol. The van der Waals surface area contributed by atoms with Crippen molar-refractivity contribution >= 4 is 57.0 Å². The van der Waals surface area contributed by atoms with Crippen LogP contribution in [-0.2, 0) is 20.9 Å². The van der Waals surface area contributed by atoms with E-state index in [1.807, 2.05) is 0 Å². The number of hydrogen-bond acceptors (Lipinski definition) is 9. The molecule has 1 heterocycles. The maximum Gasteiger partial charge on any atom is 0.338 e. The first-order valence-corrected chi connectivity index (χ1v) is 14.5. The number of nitrogens with zero attached hydrogens (tertiary/aromatic N) is 2. The summed E-state index contributed by atoms with van der Waals surface area (Å²) in [5.41, 5.74) is 5.28. The van der Waals surface area contributed by atoms with E-state index in [2.05, 4.69) is 37.1 Å². The Morgan fingerprint density at radius 3 is 2.66 bits per heavy atom. The summed E-state index contributed by atoms with van der Waals surface area (Å²) >= 11 is 8.75. The van der Waals surface area contributed by atoms with E-state index in [9.17, 15) is 19.7 Å². The summed E-state index contributed by atoms with van der Waals surface area (Å²) in [4.78, 5) is 35.8. The second-order valence-corrected chi connectivity index (χ2v) is 10.6. The number of hydrazone groups is 1. The van der Waals surface area contributed by atoms with Crippen molar-refractivity contribution in [2.24, 2.45) is 5.10 Å². The molecule has 1 aliphatic heterocycles. The molecule has 1 amide bonds. The van der Waals surface area contributed by atoms with Crippen molar-refractivity contribution < 1.29 is 28.7 Å². The average Bonchev–Trinajstić information content (AvgIpc) is 2.99. The standard InChI is InChI=1S/C30H28BrN5O7S/c1-3-41-29(38)27-18(2)33-30(44)34-28(27)22-9-4-5-10-24(22)43-17-26(37)35-32-15-19-11-12-25(23(31)14-19)42-16-20-7-6-8-21(13-20)36(39)40/h4-15,28H,3,16-17H2,1-2H3,(H,35,37)(H2,33,34,44)/t28-/m0/s1. The van der Waals surface area contributed by atoms with Crippen molar-refractivity contribution in [2.45, 2.75) is 26.5 Å². The third-order valence-electron chi connectivity index (χ3n) is 6.23. The molecule has 3 aromatic rings. The van der Waals surface area contributed by atoms with Gasteiger partial charge in [0.25, 0.3) is 11.6 Å². The summed E-state index contributed by atoms with van der Waals surface area (Å²) in [6.45, 7) is 3.48. The number of nitrogens with one attached hydrogen (secondary N) is 3. The van der Waals surface area contributed by atoms with Crippen LogP contribution in [0.2, 0.25) is 0 Å². The molecule has 0 saturated carbocycles. The first kappa shape index (κ1) is 32.1. The minimum Gasteiger partial charge on any atom is -0.488 e. The van der Waals surface area contributed by atoms with Crippen LogP contribution in [0.4, 0.5) is 5.69 Å². The van der Waals surface area contributed by atoms with Crippen LogP contribution < -0.4 is 25.5 Å². The Hall–Kier alpha value is -4.82. The summed E-state index contributed by atoms with van der Waals surface area (Å²) in [6, 6.07) is 17.8. The maximum atomic E-state index is 12.7. The number of allylic oxidation sites excluding steroid dienone is 1. The number of ether oxygens (including phenoxy) is 3. The number of hydrogen-bond donors (Lipinski definition) is 3. The molecule has 44 heavy (non-hydrogen) atoms. The number of rotatable bonds is 12. The lowest BCUT2D eigenvalue weighted by atomic mass is 9.95. The van der Waals surface area contributed by atoms with E-state index < -0.39 is 22.8 Å². The molecule has 0 bridgehead atoms. The van der Waals surface area contributed by atoms with Crippen molar-refractivity contribution in [3.8, 4) is 11.5 Å². The lowest BCUT2D eigenvalue weighted by molar-refractivity contribution is -0.384. The molecule has 12 nitrogen and oxygen atoms in total. The van der Waals surface area contributed by atoms with Crippen molar-refractivity contribution in [3.63, 3.8) is 0 Å². The number of carbonyl (C=O) groups is 2. The topological polar surface area (TPSA) is 153 Å². The highest BCUT2D eigenvalue weighted by Gasteiger charge is 2.32. The van der Waals surface area contributed by atoms with Gasteiger partial charge >= 0.3 is 5.97 Å². The first-order valence-electron chi connectivity index (χ1n) is 13.3. The van der Waals surface area contributed by atoms with Crippen LogP contribution in [-0.4, -0.2) is 41.3 Å². The van der Waals surface area contributed by atoms with Crippen molar-refractivity contribution in [1.29, 1.82) is 0 Å². The van der Waals surface area contributed by atoms with E-state index in [1.165, 1.54) is 18.3 Å². The summed E-state index contributed by atoms with van der Waals surface area (Å²) in [5.74, 6) is -0.0794. The molecule has 228 valence electrons. The Kier molecular flexibility index (Phi) is 11.0. The third kappa shape index (κ3) is 8.39. The van der Waals surface area contributed by atoms with Gasteiger partial charge in [-0.25, -0.2) is 10.2 Å². The fourth-order valence-corrected chi connectivity index (χ4v) is 5.03. The molecule has 0 aromatic heterocycles. The second-order valence-electron chi connectivity index (χ2n) is 9.32. The minimum atomic E-state index is -0.642. The summed E-state index contributed by atoms with van der Waals surface area (Å²) < 4.78 is 17.5. The fourth-order valence-electron chi connectivity index (χ4n) is 4.25. The largest absolute Gasteiger partial charge is 0.488 e. The zero-order valence-corrected chi connectivity index (χ0v) is 26.1. The van der Waals surface area contributed by atoms with E-state index in [0.29, 0.717) is 49.0 Å². The monoisotopic (exact) mass is 681 g/mol. The smallest absolute Gasteiger partial charge is 0.338 e. The van der Waals surface area contributed by atoms with Crippen LogP contribution in [0, 0.1) is 10.1 Å². The van der Waals surface area contributed by atoms with Crippen molar-refractivity contribution in [2.75, 3.05) is 13.2 Å². The fraction of sp³-hybridized carbons (Fsp3) is 0.200. The van der Waals surface area contributed by atoms with Crippen molar-refractivity contribution in [3.05, 3.63) is 109 Å². The molecule has 1 aliphatic rings. The molecule has 0 fully saturated rings. The van der Waals surface area contributed by atoms with Crippen LogP contribution in [0.25, 0.3) is 0 Å². The van der Waals surface area contributed by atoms with Gasteiger partial charge in [0, 0.05) is 23.4 Å². The normalized spacial score (nSPS) is 14.4. The molecule has 14 heteroatoms. The van der Waals surface area contributed by atoms with Gasteiger partial charge in [-0.15, -0.1) is 0 Å². The van der Waals surface area contributed by atoms with Gasteiger partial charge < -0.3 is 24.8 Å². The lowest BCUT2D eigenvalue weighted by Crippen LogP contribution is -2.45. The van der Waals surface area contributed by atoms with E-state index in [1.54, 1.807) is 68.4 Å². The number of non-ortho nitro benzene ring substituents is 1. The molecule has 0 radical (unpaired) electrons. The minimum absolute atomic E-state index is 0.00723. The van der Waals surface area contributed by atoms with E-state index >= 15 is 0 Å². The van der Waals surface area contributed by atoms with Gasteiger partial charge in [0.2, 0.25) is 0 Å². The Labute approximate surface area is 266 Å². The molecule has 0 aliphatic carbocycles. The third-order valence-corrected chi connectivity index (χ3v) is 7.07. The zero-order chi connectivity index (χ0) is 31.6. The van der Waals surface area contributed by atoms with Crippen LogP contribution >= 0.6 is 28.1 Å². The number of nitro benzene ring substituents is 1. The molecule has 0 unspecified atom stereocenters. The molecule has 4 rings (SSSR count). The number of carbonyl (C=O) groups excluding carboxylic acids is 2. The molecule has 0 saturated heterocycles. The van der Waals surface area contributed by atoms with Gasteiger partial charge in [-0.05, 0) is 77.4 Å². The number of nitro groups is 1.